The summed E-state index contributed by atoms with van der Waals surface area (Å²) < 4.78 is 0. The number of Topliss-reactive ketones (excluding diaryl/α,β-unsaturated/α-hetero) is 4. The van der Waals surface area contributed by atoms with Crippen molar-refractivity contribution >= 4 is 23.1 Å². The number of carbonyl (C=O) groups is 4. The first-order valence-electron chi connectivity index (χ1n) is 15.6. The fourth-order valence-corrected chi connectivity index (χ4v) is 8.09. The van der Waals surface area contributed by atoms with E-state index in [1.807, 2.05) is 53.7 Å². The van der Waals surface area contributed by atoms with Gasteiger partial charge in [0.1, 0.15) is 0 Å². The monoisotopic (exact) mass is 552 g/mol. The molecule has 0 amide bonds. The van der Waals surface area contributed by atoms with Crippen LogP contribution in [0.2, 0.25) is 0 Å². The number of hydrogen-bond acceptors (Lipinski definition) is 4. The number of ketones is 4. The van der Waals surface area contributed by atoms with Crippen molar-refractivity contribution in [2.75, 3.05) is 0 Å². The van der Waals surface area contributed by atoms with Crippen LogP contribution in [0, 0.1) is 45.8 Å². The molecule has 0 saturated heterocycles. The van der Waals surface area contributed by atoms with Gasteiger partial charge in [-0.2, -0.15) is 0 Å². The van der Waals surface area contributed by atoms with Crippen LogP contribution >= 0.6 is 0 Å². The summed E-state index contributed by atoms with van der Waals surface area (Å²) in [6.45, 7) is 24.2. The fraction of sp³-hybridized carbons (Fsp3) is 0.722. The van der Waals surface area contributed by atoms with Crippen LogP contribution in [-0.4, -0.2) is 23.1 Å². The van der Waals surface area contributed by atoms with Crippen LogP contribution in [0.15, 0.2) is 34.9 Å². The third kappa shape index (κ3) is 5.41. The molecule has 224 valence electrons. The number of carbonyl (C=O) groups excluding carboxylic acids is 4. The van der Waals surface area contributed by atoms with E-state index in [1.54, 1.807) is 0 Å². The maximum atomic E-state index is 15.3. The van der Waals surface area contributed by atoms with Gasteiger partial charge in [-0.25, -0.2) is 0 Å². The standard InChI is InChI=1S/C36H56O4/c1-13-26(11)30(37)36-32(39)28(18-16-23(5)6)31(38)35(33(36)40,20-19-24(7)8)21-27(17-15-22(3)4)34(36,12)29(14-2)25(9)10/h15-16,19,25-29H,13-14,17-18,20-21H2,1-12H3. The van der Waals surface area contributed by atoms with Crippen molar-refractivity contribution < 1.29 is 19.2 Å². The van der Waals surface area contributed by atoms with Crippen LogP contribution in [0.3, 0.4) is 0 Å². The smallest absolute Gasteiger partial charge is 0.168 e. The van der Waals surface area contributed by atoms with E-state index in [4.69, 9.17) is 0 Å². The van der Waals surface area contributed by atoms with E-state index < -0.39 is 39.6 Å². The van der Waals surface area contributed by atoms with Crippen molar-refractivity contribution in [3.05, 3.63) is 34.9 Å². The van der Waals surface area contributed by atoms with Gasteiger partial charge >= 0.3 is 0 Å². The van der Waals surface area contributed by atoms with E-state index in [0.29, 0.717) is 19.3 Å². The van der Waals surface area contributed by atoms with Crippen molar-refractivity contribution in [2.45, 2.75) is 122 Å². The van der Waals surface area contributed by atoms with E-state index in [0.717, 1.165) is 23.1 Å². The van der Waals surface area contributed by atoms with E-state index in [-0.39, 0.29) is 42.2 Å². The molecule has 2 bridgehead atoms. The highest BCUT2D eigenvalue weighted by molar-refractivity contribution is 6.38. The van der Waals surface area contributed by atoms with Gasteiger partial charge in [0.25, 0.3) is 0 Å². The highest BCUT2D eigenvalue weighted by Gasteiger charge is 2.79. The molecule has 0 aromatic rings. The predicted octanol–water partition coefficient (Wildman–Crippen LogP) is 8.69. The van der Waals surface area contributed by atoms with Crippen LogP contribution in [0.1, 0.15) is 122 Å². The Morgan fingerprint density at radius 3 is 1.80 bits per heavy atom. The first kappa shape index (κ1) is 34.1. The minimum absolute atomic E-state index is 0.0391. The Labute approximate surface area is 244 Å². The summed E-state index contributed by atoms with van der Waals surface area (Å²) in [5.41, 5.74) is -0.926. The quantitative estimate of drug-likeness (QED) is 0.179. The molecule has 0 aromatic carbocycles. The molecule has 0 heterocycles. The Kier molecular flexibility index (Phi) is 10.9. The molecule has 7 unspecified atom stereocenters. The number of fused-ring (bicyclic) bond motifs is 2. The third-order valence-electron chi connectivity index (χ3n) is 10.4. The maximum Gasteiger partial charge on any atom is 0.168 e. The Balaban J connectivity index is 3.18. The summed E-state index contributed by atoms with van der Waals surface area (Å²) >= 11 is 0. The first-order valence-corrected chi connectivity index (χ1v) is 15.6. The van der Waals surface area contributed by atoms with Crippen LogP contribution in [0.4, 0.5) is 0 Å². The summed E-state index contributed by atoms with van der Waals surface area (Å²) in [4.78, 5) is 59.7. The summed E-state index contributed by atoms with van der Waals surface area (Å²) in [6, 6.07) is 0. The van der Waals surface area contributed by atoms with Gasteiger partial charge in [0.2, 0.25) is 0 Å². The molecule has 4 nitrogen and oxygen atoms in total. The van der Waals surface area contributed by atoms with E-state index in [9.17, 15) is 9.59 Å². The van der Waals surface area contributed by atoms with Crippen molar-refractivity contribution in [3.8, 4) is 0 Å². The topological polar surface area (TPSA) is 68.3 Å². The van der Waals surface area contributed by atoms with E-state index in [1.165, 1.54) is 0 Å². The maximum absolute atomic E-state index is 15.3. The zero-order chi connectivity index (χ0) is 30.8. The lowest BCUT2D eigenvalue weighted by atomic mass is 9.34. The highest BCUT2D eigenvalue weighted by atomic mass is 16.2. The number of hydrogen-bond donors (Lipinski definition) is 0. The molecule has 0 N–H and O–H groups in total. The summed E-state index contributed by atoms with van der Waals surface area (Å²) in [5.74, 6) is -2.85. The molecule has 0 spiro atoms. The largest absolute Gasteiger partial charge is 0.298 e. The van der Waals surface area contributed by atoms with E-state index in [2.05, 4.69) is 47.6 Å². The van der Waals surface area contributed by atoms with Crippen LogP contribution in [-0.2, 0) is 19.2 Å². The summed E-state index contributed by atoms with van der Waals surface area (Å²) in [5, 5.41) is 0. The lowest BCUT2D eigenvalue weighted by Gasteiger charge is -2.64. The van der Waals surface area contributed by atoms with Gasteiger partial charge in [-0.05, 0) is 91.4 Å². The zero-order valence-corrected chi connectivity index (χ0v) is 27.5. The van der Waals surface area contributed by atoms with Crippen LogP contribution in [0.25, 0.3) is 0 Å². The number of allylic oxidation sites excluding steroid dienone is 6. The van der Waals surface area contributed by atoms with Crippen molar-refractivity contribution in [3.63, 3.8) is 0 Å². The second-order valence-corrected chi connectivity index (χ2v) is 14.1. The summed E-state index contributed by atoms with van der Waals surface area (Å²) in [7, 11) is 0. The molecule has 0 aromatic heterocycles. The molecule has 2 fully saturated rings. The molecule has 0 radical (unpaired) electrons. The molecule has 40 heavy (non-hydrogen) atoms. The van der Waals surface area contributed by atoms with Gasteiger partial charge < -0.3 is 0 Å². The molecule has 2 rings (SSSR count). The van der Waals surface area contributed by atoms with Gasteiger partial charge in [-0.15, -0.1) is 0 Å². The van der Waals surface area contributed by atoms with Crippen molar-refractivity contribution in [1.29, 1.82) is 0 Å². The molecule has 2 saturated carbocycles. The molecule has 4 heteroatoms. The van der Waals surface area contributed by atoms with Gasteiger partial charge in [-0.3, -0.25) is 19.2 Å². The SMILES string of the molecule is CCC(C)C(=O)C12C(=O)C(CC=C(C)C)C(=O)C(CC=C(C)C)(CC(CC=C(C)C)C1(C)C(CC)C(C)C)C2=O. The van der Waals surface area contributed by atoms with Gasteiger partial charge in [0.05, 0.1) is 11.3 Å². The van der Waals surface area contributed by atoms with Gasteiger partial charge in [-0.1, -0.05) is 82.9 Å². The lowest BCUT2D eigenvalue weighted by molar-refractivity contribution is -0.197. The van der Waals surface area contributed by atoms with Crippen LogP contribution < -0.4 is 0 Å². The Hall–Kier alpha value is -2.10. The molecular weight excluding hydrogens is 496 g/mol. The molecule has 2 aliphatic carbocycles. The van der Waals surface area contributed by atoms with Crippen LogP contribution in [0.5, 0.6) is 0 Å². The highest BCUT2D eigenvalue weighted by Crippen LogP contribution is 2.68. The van der Waals surface area contributed by atoms with Gasteiger partial charge in [0.15, 0.2) is 28.5 Å². The van der Waals surface area contributed by atoms with Crippen molar-refractivity contribution in [1.82, 2.24) is 0 Å². The zero-order valence-electron chi connectivity index (χ0n) is 27.5. The lowest BCUT2D eigenvalue weighted by Crippen LogP contribution is -2.76. The average molecular weight is 553 g/mol. The normalized spacial score (nSPS) is 31.5. The van der Waals surface area contributed by atoms with Gasteiger partial charge in [0, 0.05) is 11.3 Å². The fourth-order valence-electron chi connectivity index (χ4n) is 8.09. The summed E-state index contributed by atoms with van der Waals surface area (Å²) in [6.07, 6.45) is 8.89. The predicted molar refractivity (Wildman–Crippen MR) is 165 cm³/mol. The Morgan fingerprint density at radius 1 is 0.825 bits per heavy atom. The molecule has 2 aliphatic rings. The molecular formula is C36H56O4. The number of rotatable bonds is 12. The molecule has 7 atom stereocenters. The Bertz CT molecular complexity index is 1090. The minimum atomic E-state index is -1.84. The average Bonchev–Trinajstić information content (AvgIpc) is 2.86. The van der Waals surface area contributed by atoms with Crippen molar-refractivity contribution in [2.24, 2.45) is 45.8 Å². The molecule has 0 aliphatic heterocycles. The Morgan fingerprint density at radius 2 is 1.35 bits per heavy atom. The van der Waals surface area contributed by atoms with E-state index >= 15 is 9.59 Å². The second-order valence-electron chi connectivity index (χ2n) is 14.1. The minimum Gasteiger partial charge on any atom is -0.298 e. The third-order valence-corrected chi connectivity index (χ3v) is 10.4. The second kappa shape index (κ2) is 12.8. The first-order chi connectivity index (χ1) is 18.5.